The van der Waals surface area contributed by atoms with Crippen LogP contribution < -0.4 is 5.56 Å². The van der Waals surface area contributed by atoms with Crippen molar-refractivity contribution in [1.29, 1.82) is 0 Å². The minimum absolute atomic E-state index is 0.0294. The summed E-state index contributed by atoms with van der Waals surface area (Å²) < 4.78 is 1.67. The number of likely N-dealkylation sites (tertiary alicyclic amines) is 1. The molecular formula is C25H26N6O2. The van der Waals surface area contributed by atoms with Crippen molar-refractivity contribution in [2.75, 3.05) is 13.1 Å². The fourth-order valence-corrected chi connectivity index (χ4v) is 4.36. The minimum atomic E-state index is -0.294. The second kappa shape index (κ2) is 8.97. The van der Waals surface area contributed by atoms with Gasteiger partial charge in [-0.3, -0.25) is 9.59 Å². The van der Waals surface area contributed by atoms with E-state index in [1.807, 2.05) is 66.4 Å². The second-order valence-electron chi connectivity index (χ2n) is 8.70. The molecule has 1 N–H and O–H groups in total. The van der Waals surface area contributed by atoms with Crippen molar-refractivity contribution >= 4 is 17.1 Å². The predicted octanol–water partition coefficient (Wildman–Crippen LogP) is 2.82. The van der Waals surface area contributed by atoms with Crippen molar-refractivity contribution in [3.05, 3.63) is 87.5 Å². The molecule has 1 unspecified atom stereocenters. The third-order valence-corrected chi connectivity index (χ3v) is 6.20. The van der Waals surface area contributed by atoms with Crippen LogP contribution >= 0.6 is 0 Å². The number of H-pyrrole nitrogens is 1. The van der Waals surface area contributed by atoms with Crippen LogP contribution in [0.2, 0.25) is 0 Å². The van der Waals surface area contributed by atoms with Gasteiger partial charge in [-0.2, -0.15) is 0 Å². The van der Waals surface area contributed by atoms with E-state index in [0.29, 0.717) is 31.0 Å². The lowest BCUT2D eigenvalue weighted by Crippen LogP contribution is -2.40. The van der Waals surface area contributed by atoms with Crippen LogP contribution in [0.25, 0.3) is 11.2 Å². The monoisotopic (exact) mass is 442 g/mol. The number of fused-ring (bicyclic) bond motifs is 1. The van der Waals surface area contributed by atoms with Crippen LogP contribution in [-0.2, 0) is 17.8 Å². The Morgan fingerprint density at radius 1 is 1.09 bits per heavy atom. The van der Waals surface area contributed by atoms with Crippen molar-refractivity contribution in [3.63, 3.8) is 0 Å². The lowest BCUT2D eigenvalue weighted by atomic mass is 9.96. The Kier molecular flexibility index (Phi) is 5.73. The molecule has 8 nitrogen and oxygen atoms in total. The number of rotatable bonds is 5. The molecule has 0 saturated carbocycles. The zero-order valence-corrected chi connectivity index (χ0v) is 18.6. The molecule has 8 heteroatoms. The first kappa shape index (κ1) is 21.1. The maximum atomic E-state index is 12.9. The van der Waals surface area contributed by atoms with Crippen molar-refractivity contribution in [3.8, 4) is 0 Å². The highest BCUT2D eigenvalue weighted by molar-refractivity contribution is 5.79. The smallest absolute Gasteiger partial charge is 0.281 e. The number of hydrogen-bond donors (Lipinski definition) is 1. The number of aromatic nitrogens is 5. The van der Waals surface area contributed by atoms with Gasteiger partial charge in [0.2, 0.25) is 5.91 Å². The van der Waals surface area contributed by atoms with Crippen molar-refractivity contribution in [2.45, 2.75) is 38.6 Å². The summed E-state index contributed by atoms with van der Waals surface area (Å²) >= 11 is 0. The quantitative estimate of drug-likeness (QED) is 0.513. The average molecular weight is 443 g/mol. The maximum absolute atomic E-state index is 12.9. The topological polar surface area (TPSA) is 96.8 Å². The standard InChI is InChI=1S/C25H26N6O2/c1-17-9-11-19(12-10-17)15-31-24-22(28-29-31)25(33)27-23(26-24)20-8-5-13-30(16-20)21(32)14-18-6-3-2-4-7-18/h2-4,6-7,9-12,20H,5,8,13-16H2,1H3,(H,26,27,33). The Balaban J connectivity index is 1.38. The van der Waals surface area contributed by atoms with Crippen LogP contribution in [-0.4, -0.2) is 48.9 Å². The fraction of sp³-hybridized carbons (Fsp3) is 0.320. The highest BCUT2D eigenvalue weighted by atomic mass is 16.2. The number of nitrogens with zero attached hydrogens (tertiary/aromatic N) is 5. The molecule has 3 heterocycles. The van der Waals surface area contributed by atoms with E-state index in [1.54, 1.807) is 4.68 Å². The molecule has 0 spiro atoms. The molecule has 0 bridgehead atoms. The SMILES string of the molecule is Cc1ccc(Cn2nnc3c(=O)[nH]c(C4CCCN(C(=O)Cc5ccccc5)C4)nc32)cc1. The van der Waals surface area contributed by atoms with Crippen molar-refractivity contribution in [1.82, 2.24) is 29.9 Å². The van der Waals surface area contributed by atoms with Gasteiger partial charge >= 0.3 is 0 Å². The van der Waals surface area contributed by atoms with Gasteiger partial charge in [0, 0.05) is 19.0 Å². The van der Waals surface area contributed by atoms with Gasteiger partial charge in [0.05, 0.1) is 13.0 Å². The molecule has 1 atom stereocenters. The van der Waals surface area contributed by atoms with Gasteiger partial charge in [0.25, 0.3) is 5.56 Å². The summed E-state index contributed by atoms with van der Waals surface area (Å²) in [4.78, 5) is 35.1. The Bertz CT molecular complexity index is 1330. The van der Waals surface area contributed by atoms with E-state index < -0.39 is 0 Å². The number of piperidine rings is 1. The first-order valence-electron chi connectivity index (χ1n) is 11.3. The fourth-order valence-electron chi connectivity index (χ4n) is 4.36. The van der Waals surface area contributed by atoms with E-state index in [1.165, 1.54) is 5.56 Å². The molecule has 1 aliphatic heterocycles. The Morgan fingerprint density at radius 2 is 1.88 bits per heavy atom. The third-order valence-electron chi connectivity index (χ3n) is 6.20. The number of aromatic amines is 1. The molecule has 4 aromatic rings. The Hall–Kier alpha value is -3.81. The largest absolute Gasteiger partial charge is 0.342 e. The van der Waals surface area contributed by atoms with Crippen LogP contribution in [0.1, 0.15) is 41.3 Å². The summed E-state index contributed by atoms with van der Waals surface area (Å²) in [7, 11) is 0. The van der Waals surface area contributed by atoms with Crippen LogP contribution in [0.3, 0.4) is 0 Å². The summed E-state index contributed by atoms with van der Waals surface area (Å²) in [5.74, 6) is 0.663. The highest BCUT2D eigenvalue weighted by Crippen LogP contribution is 2.25. The molecule has 1 fully saturated rings. The number of carbonyl (C=O) groups excluding carboxylic acids is 1. The van der Waals surface area contributed by atoms with E-state index in [-0.39, 0.29) is 22.9 Å². The molecule has 33 heavy (non-hydrogen) atoms. The molecular weight excluding hydrogens is 416 g/mol. The predicted molar refractivity (Wildman–Crippen MR) is 125 cm³/mol. The first-order chi connectivity index (χ1) is 16.1. The molecule has 0 radical (unpaired) electrons. The molecule has 1 amide bonds. The summed E-state index contributed by atoms with van der Waals surface area (Å²) in [6, 6.07) is 17.9. The molecule has 2 aromatic carbocycles. The number of amides is 1. The summed E-state index contributed by atoms with van der Waals surface area (Å²) in [6.45, 7) is 3.79. The third kappa shape index (κ3) is 4.55. The van der Waals surface area contributed by atoms with E-state index in [9.17, 15) is 9.59 Å². The molecule has 1 aliphatic rings. The number of aryl methyl sites for hydroxylation is 1. The maximum Gasteiger partial charge on any atom is 0.281 e. The normalized spacial score (nSPS) is 16.3. The van der Waals surface area contributed by atoms with E-state index in [0.717, 1.165) is 30.5 Å². The van der Waals surface area contributed by atoms with Gasteiger partial charge in [-0.05, 0) is 30.9 Å². The van der Waals surface area contributed by atoms with Crippen LogP contribution in [0, 0.1) is 6.92 Å². The minimum Gasteiger partial charge on any atom is -0.342 e. The Labute approximate surface area is 191 Å². The van der Waals surface area contributed by atoms with Gasteiger partial charge in [0.1, 0.15) is 5.82 Å². The van der Waals surface area contributed by atoms with Crippen LogP contribution in [0.5, 0.6) is 0 Å². The van der Waals surface area contributed by atoms with Crippen molar-refractivity contribution in [2.24, 2.45) is 0 Å². The number of carbonyl (C=O) groups is 1. The Morgan fingerprint density at radius 3 is 2.67 bits per heavy atom. The molecule has 1 saturated heterocycles. The van der Waals surface area contributed by atoms with Gasteiger partial charge in [0.15, 0.2) is 11.2 Å². The van der Waals surface area contributed by atoms with E-state index >= 15 is 0 Å². The lowest BCUT2D eigenvalue weighted by Gasteiger charge is -2.32. The lowest BCUT2D eigenvalue weighted by molar-refractivity contribution is -0.131. The zero-order valence-electron chi connectivity index (χ0n) is 18.6. The number of nitrogens with one attached hydrogen (secondary N) is 1. The van der Waals surface area contributed by atoms with Crippen LogP contribution in [0.4, 0.5) is 0 Å². The summed E-state index contributed by atoms with van der Waals surface area (Å²) in [5.41, 5.74) is 3.66. The van der Waals surface area contributed by atoms with Crippen molar-refractivity contribution < 1.29 is 4.79 Å². The van der Waals surface area contributed by atoms with Gasteiger partial charge in [-0.25, -0.2) is 9.67 Å². The van der Waals surface area contributed by atoms with Gasteiger partial charge in [-0.15, -0.1) is 5.10 Å². The van der Waals surface area contributed by atoms with Gasteiger partial charge < -0.3 is 9.88 Å². The average Bonchev–Trinajstić information content (AvgIpc) is 3.24. The molecule has 168 valence electrons. The van der Waals surface area contributed by atoms with E-state index in [2.05, 4.69) is 15.3 Å². The zero-order chi connectivity index (χ0) is 22.8. The van der Waals surface area contributed by atoms with Crippen LogP contribution in [0.15, 0.2) is 59.4 Å². The highest BCUT2D eigenvalue weighted by Gasteiger charge is 2.27. The number of hydrogen-bond acceptors (Lipinski definition) is 5. The summed E-state index contributed by atoms with van der Waals surface area (Å²) in [5, 5.41) is 8.22. The summed E-state index contributed by atoms with van der Waals surface area (Å²) in [6.07, 6.45) is 2.11. The molecule has 2 aromatic heterocycles. The second-order valence-corrected chi connectivity index (χ2v) is 8.70. The molecule has 5 rings (SSSR count). The first-order valence-corrected chi connectivity index (χ1v) is 11.3. The number of benzene rings is 2. The van der Waals surface area contributed by atoms with E-state index in [4.69, 9.17) is 4.98 Å². The molecule has 0 aliphatic carbocycles. The van der Waals surface area contributed by atoms with Gasteiger partial charge in [-0.1, -0.05) is 65.4 Å².